The van der Waals surface area contributed by atoms with Crippen LogP contribution in [0.15, 0.2) is 30.3 Å². The molecule has 1 atom stereocenters. The quantitative estimate of drug-likeness (QED) is 0.607. The minimum absolute atomic E-state index is 0. The van der Waals surface area contributed by atoms with Gasteiger partial charge < -0.3 is 17.5 Å². The molecule has 0 saturated heterocycles. The number of nitrogens with two attached hydrogens (primary N) is 1. The summed E-state index contributed by atoms with van der Waals surface area (Å²) in [5, 5.41) is 10.8. The third-order valence-corrected chi connectivity index (χ3v) is 3.44. The van der Waals surface area contributed by atoms with E-state index in [1.54, 1.807) is 11.8 Å². The Bertz CT molecular complexity index is 370. The monoisotopic (exact) mass is 260 g/mol. The molecule has 1 aliphatic heterocycles. The predicted octanol–water partition coefficient (Wildman–Crippen LogP) is -2.20. The zero-order valence-electron chi connectivity index (χ0n) is 8.84. The lowest BCUT2D eigenvalue weighted by Crippen LogP contribution is -3.00. The molecule has 5 heteroatoms. The average Bonchev–Trinajstić information content (AvgIpc) is 2.66. The van der Waals surface area contributed by atoms with Gasteiger partial charge in [-0.05, 0) is 17.3 Å². The van der Waals surface area contributed by atoms with E-state index in [1.807, 2.05) is 34.9 Å². The summed E-state index contributed by atoms with van der Waals surface area (Å²) in [6, 6.07) is 9.69. The van der Waals surface area contributed by atoms with E-state index in [9.17, 15) is 5.11 Å². The third-order valence-electron chi connectivity index (χ3n) is 2.50. The molecule has 1 aromatic carbocycles. The first-order valence-electron chi connectivity index (χ1n) is 5.00. The second-order valence-corrected chi connectivity index (χ2v) is 4.67. The van der Waals surface area contributed by atoms with Gasteiger partial charge in [-0.15, -0.1) is 0 Å². The van der Waals surface area contributed by atoms with Gasteiger partial charge in [-0.3, -0.25) is 10.3 Å². The molecule has 1 heterocycles. The average molecular weight is 261 g/mol. The highest BCUT2D eigenvalue weighted by Crippen LogP contribution is 2.15. The Kier molecular flexibility index (Phi) is 5.12. The molecule has 0 radical (unpaired) electrons. The SMILES string of the molecule is N[14C]1=[N+](CC(O)c2ccccc2)CCS1.[Cl-]. The highest BCUT2D eigenvalue weighted by molar-refractivity contribution is 8.13. The van der Waals surface area contributed by atoms with E-state index in [1.165, 1.54) is 0 Å². The Hall–Kier alpha value is -0.710. The molecule has 0 amide bonds. The maximum Gasteiger partial charge on any atom is 0.304 e. The van der Waals surface area contributed by atoms with Crippen molar-refractivity contribution in [2.24, 2.45) is 5.73 Å². The van der Waals surface area contributed by atoms with E-state index in [0.717, 1.165) is 23.0 Å². The lowest BCUT2D eigenvalue weighted by atomic mass is 10.1. The van der Waals surface area contributed by atoms with Crippen LogP contribution in [0.4, 0.5) is 0 Å². The molecule has 0 fully saturated rings. The van der Waals surface area contributed by atoms with Crippen LogP contribution in [0.2, 0.25) is 0 Å². The molecule has 0 aromatic heterocycles. The van der Waals surface area contributed by atoms with Crippen LogP contribution in [0.1, 0.15) is 11.7 Å². The Labute approximate surface area is 106 Å². The van der Waals surface area contributed by atoms with E-state index >= 15 is 0 Å². The fourth-order valence-corrected chi connectivity index (χ4v) is 2.50. The number of β-amino-alcohol motifs (C(OH)–C–C–N with tert-alkyl or cyclic N) is 1. The first-order valence-corrected chi connectivity index (χ1v) is 5.99. The number of halogens is 1. The molecule has 1 aliphatic rings. The van der Waals surface area contributed by atoms with Gasteiger partial charge in [0.1, 0.15) is 12.6 Å². The predicted molar refractivity (Wildman–Crippen MR) is 63.0 cm³/mol. The van der Waals surface area contributed by atoms with Crippen molar-refractivity contribution >= 4 is 16.9 Å². The first kappa shape index (κ1) is 13.4. The van der Waals surface area contributed by atoms with E-state index in [0.29, 0.717) is 6.54 Å². The van der Waals surface area contributed by atoms with Gasteiger partial charge in [0.15, 0.2) is 0 Å². The fraction of sp³-hybridized carbons (Fsp3) is 0.364. The number of benzene rings is 1. The number of aliphatic hydroxyl groups is 1. The number of amidine groups is 1. The number of aliphatic hydroxyl groups excluding tert-OH is 1. The summed E-state index contributed by atoms with van der Waals surface area (Å²) in [4.78, 5) is 0. The number of rotatable bonds is 3. The van der Waals surface area contributed by atoms with E-state index in [2.05, 4.69) is 0 Å². The molecule has 0 aliphatic carbocycles. The summed E-state index contributed by atoms with van der Waals surface area (Å²) in [7, 11) is 0. The zero-order valence-corrected chi connectivity index (χ0v) is 10.4. The number of thioether (sulfide) groups is 1. The summed E-state index contributed by atoms with van der Waals surface area (Å²) >= 11 is 1.65. The maximum absolute atomic E-state index is 9.98. The van der Waals surface area contributed by atoms with Gasteiger partial charge in [0, 0.05) is 5.75 Å². The van der Waals surface area contributed by atoms with Crippen LogP contribution in [0, 0.1) is 0 Å². The van der Waals surface area contributed by atoms with Gasteiger partial charge in [-0.2, -0.15) is 0 Å². The van der Waals surface area contributed by atoms with Crippen molar-refractivity contribution in [3.63, 3.8) is 0 Å². The van der Waals surface area contributed by atoms with Crippen molar-refractivity contribution in [2.75, 3.05) is 18.8 Å². The first-order chi connectivity index (χ1) is 7.27. The summed E-state index contributed by atoms with van der Waals surface area (Å²) in [6.07, 6.45) is -0.455. The van der Waals surface area contributed by atoms with E-state index in [4.69, 9.17) is 5.73 Å². The van der Waals surface area contributed by atoms with Crippen molar-refractivity contribution in [3.8, 4) is 0 Å². The van der Waals surface area contributed by atoms with E-state index in [-0.39, 0.29) is 12.4 Å². The molecular weight excluding hydrogens is 246 g/mol. The van der Waals surface area contributed by atoms with Gasteiger partial charge in [0.25, 0.3) is 0 Å². The molecule has 88 valence electrons. The van der Waals surface area contributed by atoms with Gasteiger partial charge in [0.2, 0.25) is 0 Å². The molecule has 16 heavy (non-hydrogen) atoms. The van der Waals surface area contributed by atoms with E-state index < -0.39 is 6.10 Å². The summed E-state index contributed by atoms with van der Waals surface area (Å²) in [5.74, 6) is 1.02. The van der Waals surface area contributed by atoms with Crippen molar-refractivity contribution in [1.82, 2.24) is 0 Å². The Morgan fingerprint density at radius 3 is 2.69 bits per heavy atom. The summed E-state index contributed by atoms with van der Waals surface area (Å²) in [6.45, 7) is 1.52. The van der Waals surface area contributed by atoms with Crippen LogP contribution in [0.5, 0.6) is 0 Å². The lowest BCUT2D eigenvalue weighted by molar-refractivity contribution is -0.528. The Morgan fingerprint density at radius 2 is 2.12 bits per heavy atom. The van der Waals surface area contributed by atoms with Crippen molar-refractivity contribution in [2.45, 2.75) is 6.10 Å². The van der Waals surface area contributed by atoms with Crippen LogP contribution in [-0.2, 0) is 0 Å². The molecule has 2 rings (SSSR count). The maximum atomic E-state index is 9.98. The van der Waals surface area contributed by atoms with Gasteiger partial charge >= 0.3 is 5.17 Å². The van der Waals surface area contributed by atoms with Gasteiger partial charge in [-0.25, -0.2) is 0 Å². The van der Waals surface area contributed by atoms with Crippen molar-refractivity contribution in [3.05, 3.63) is 35.9 Å². The van der Waals surface area contributed by atoms with Gasteiger partial charge in [-0.1, -0.05) is 30.3 Å². The molecule has 1 unspecified atom stereocenters. The lowest BCUT2D eigenvalue weighted by Gasteiger charge is -2.10. The highest BCUT2D eigenvalue weighted by atomic mass is 35.5. The molecule has 3 nitrogen and oxygen atoms in total. The number of hydrogen-bond acceptors (Lipinski definition) is 3. The van der Waals surface area contributed by atoms with Crippen LogP contribution < -0.4 is 18.1 Å². The second kappa shape index (κ2) is 6.13. The zero-order chi connectivity index (χ0) is 10.7. The molecule has 0 bridgehead atoms. The highest BCUT2D eigenvalue weighted by Gasteiger charge is 2.20. The minimum Gasteiger partial charge on any atom is -1.00 e. The molecular formula is C11H15ClN2OS. The Balaban J connectivity index is 0.00000128. The largest absolute Gasteiger partial charge is 1.00 e. The summed E-state index contributed by atoms with van der Waals surface area (Å²) < 4.78 is 2.03. The summed E-state index contributed by atoms with van der Waals surface area (Å²) in [5.41, 5.74) is 6.75. The van der Waals surface area contributed by atoms with Crippen molar-refractivity contribution < 1.29 is 22.1 Å². The molecule has 0 spiro atoms. The Morgan fingerprint density at radius 1 is 1.44 bits per heavy atom. The topological polar surface area (TPSA) is 49.3 Å². The fourth-order valence-electron chi connectivity index (χ4n) is 1.63. The standard InChI is InChI=1S/C11H14N2OS.ClH/c12-11-13(6-7-15-11)8-10(14)9-4-2-1-3-5-9;/h1-5,10,12,14H,6-8H2;1H/i11+2;. The molecule has 1 aromatic rings. The third kappa shape index (κ3) is 3.14. The van der Waals surface area contributed by atoms with Gasteiger partial charge in [0.05, 0.1) is 6.54 Å². The molecule has 3 N–H and O–H groups in total. The van der Waals surface area contributed by atoms with Crippen LogP contribution in [-0.4, -0.2) is 33.7 Å². The van der Waals surface area contributed by atoms with Crippen LogP contribution in [0.25, 0.3) is 0 Å². The number of nitrogens with zero attached hydrogens (tertiary/aromatic N) is 1. The van der Waals surface area contributed by atoms with Crippen molar-refractivity contribution in [1.29, 1.82) is 0 Å². The molecule has 0 saturated carbocycles. The number of hydrogen-bond donors (Lipinski definition) is 2. The van der Waals surface area contributed by atoms with Crippen LogP contribution in [0.3, 0.4) is 0 Å². The van der Waals surface area contributed by atoms with Crippen LogP contribution >= 0.6 is 11.8 Å². The second-order valence-electron chi connectivity index (χ2n) is 3.56. The normalized spacial score (nSPS) is 17.1. The smallest absolute Gasteiger partial charge is 0.304 e. The minimum atomic E-state index is -0.455.